The van der Waals surface area contributed by atoms with Crippen LogP contribution in [0.3, 0.4) is 0 Å². The number of hydrogen-bond acceptors (Lipinski definition) is 6. The van der Waals surface area contributed by atoms with Crippen molar-refractivity contribution in [2.45, 2.75) is 24.2 Å². The highest BCUT2D eigenvalue weighted by Gasteiger charge is 2.28. The van der Waals surface area contributed by atoms with Crippen LogP contribution in [0.4, 0.5) is 13.9 Å². The van der Waals surface area contributed by atoms with E-state index in [-0.39, 0.29) is 29.3 Å². The minimum Gasteiger partial charge on any atom is -0.490 e. The fraction of sp³-hybridized carbons (Fsp3) is 0.318. The van der Waals surface area contributed by atoms with Gasteiger partial charge in [-0.05, 0) is 43.5 Å². The van der Waals surface area contributed by atoms with E-state index < -0.39 is 26.6 Å². The number of sulfonamides is 1. The summed E-state index contributed by atoms with van der Waals surface area (Å²) < 4.78 is 62.2. The number of halogens is 3. The zero-order valence-corrected chi connectivity index (χ0v) is 20.0. The van der Waals surface area contributed by atoms with Gasteiger partial charge in [-0.3, -0.25) is 4.72 Å². The lowest BCUT2D eigenvalue weighted by Gasteiger charge is -2.32. The van der Waals surface area contributed by atoms with Gasteiger partial charge in [-0.25, -0.2) is 22.2 Å². The van der Waals surface area contributed by atoms with Crippen LogP contribution in [0.1, 0.15) is 22.8 Å². The van der Waals surface area contributed by atoms with Gasteiger partial charge in [-0.15, -0.1) is 11.3 Å². The van der Waals surface area contributed by atoms with Gasteiger partial charge < -0.3 is 10.1 Å². The zero-order chi connectivity index (χ0) is 23.6. The van der Waals surface area contributed by atoms with Crippen molar-refractivity contribution in [2.75, 3.05) is 24.4 Å². The molecule has 0 amide bonds. The molecule has 0 spiro atoms. The van der Waals surface area contributed by atoms with Gasteiger partial charge in [0.2, 0.25) is 0 Å². The van der Waals surface area contributed by atoms with E-state index in [0.29, 0.717) is 17.6 Å². The van der Waals surface area contributed by atoms with Crippen LogP contribution in [-0.4, -0.2) is 33.1 Å². The number of nitrogens with one attached hydrogen (secondary N) is 2. The van der Waals surface area contributed by atoms with Crippen molar-refractivity contribution in [3.05, 3.63) is 69.7 Å². The lowest BCUT2D eigenvalue weighted by Crippen LogP contribution is -2.38. The summed E-state index contributed by atoms with van der Waals surface area (Å²) in [4.78, 5) is 3.86. The van der Waals surface area contributed by atoms with E-state index in [1.807, 2.05) is 24.3 Å². The van der Waals surface area contributed by atoms with Crippen molar-refractivity contribution in [1.29, 1.82) is 0 Å². The third-order valence-electron chi connectivity index (χ3n) is 5.48. The predicted molar refractivity (Wildman–Crippen MR) is 125 cm³/mol. The second-order valence-corrected chi connectivity index (χ2v) is 11.1. The number of aromatic nitrogens is 1. The molecule has 2 aromatic carbocycles. The molecule has 33 heavy (non-hydrogen) atoms. The van der Waals surface area contributed by atoms with E-state index in [1.165, 1.54) is 6.20 Å². The molecule has 1 unspecified atom stereocenters. The smallest absolute Gasteiger partial charge is 0.266 e. The highest BCUT2D eigenvalue weighted by atomic mass is 35.5. The molecule has 176 valence electrons. The van der Waals surface area contributed by atoms with Crippen LogP contribution in [0.25, 0.3) is 0 Å². The minimum atomic E-state index is -4.35. The molecular weight excluding hydrogens is 492 g/mol. The molecule has 0 bridgehead atoms. The van der Waals surface area contributed by atoms with Crippen molar-refractivity contribution in [1.82, 2.24) is 10.3 Å². The molecule has 1 aromatic heterocycles. The average Bonchev–Trinajstić information content (AvgIpc) is 3.18. The first-order chi connectivity index (χ1) is 15.7. The van der Waals surface area contributed by atoms with Crippen molar-refractivity contribution in [3.63, 3.8) is 0 Å². The molecule has 6 nitrogen and oxygen atoms in total. The Morgan fingerprint density at radius 2 is 2.00 bits per heavy atom. The molecule has 2 atom stereocenters. The Morgan fingerprint density at radius 1 is 1.24 bits per heavy atom. The summed E-state index contributed by atoms with van der Waals surface area (Å²) in [6, 6.07) is 8.97. The van der Waals surface area contributed by atoms with Crippen molar-refractivity contribution in [2.24, 2.45) is 5.92 Å². The SMILES string of the molecule is Cc1cnc(NS(=O)(=O)c2cc(F)c(OC[C@@H]3CNCCC3c3ccc(Cl)cc3)cc2F)s1. The van der Waals surface area contributed by atoms with E-state index in [4.69, 9.17) is 16.3 Å². The summed E-state index contributed by atoms with van der Waals surface area (Å²) in [5, 5.41) is 4.02. The molecule has 4 rings (SSSR count). The van der Waals surface area contributed by atoms with Gasteiger partial charge in [-0.1, -0.05) is 23.7 Å². The number of hydrogen-bond donors (Lipinski definition) is 2. The second-order valence-electron chi connectivity index (χ2n) is 7.82. The minimum absolute atomic E-state index is 0.0144. The van der Waals surface area contributed by atoms with Gasteiger partial charge >= 0.3 is 0 Å². The van der Waals surface area contributed by atoms with Crippen LogP contribution < -0.4 is 14.8 Å². The predicted octanol–water partition coefficient (Wildman–Crippen LogP) is 4.96. The Hall–Kier alpha value is -2.27. The van der Waals surface area contributed by atoms with Crippen LogP contribution in [0, 0.1) is 24.5 Å². The molecule has 0 radical (unpaired) electrons. The number of thiazole rings is 1. The lowest BCUT2D eigenvalue weighted by molar-refractivity contribution is 0.190. The van der Waals surface area contributed by atoms with Crippen LogP contribution >= 0.6 is 22.9 Å². The number of anilines is 1. The molecule has 1 saturated heterocycles. The maximum absolute atomic E-state index is 14.7. The quantitative estimate of drug-likeness (QED) is 0.467. The summed E-state index contributed by atoms with van der Waals surface area (Å²) in [6.07, 6.45) is 2.35. The van der Waals surface area contributed by atoms with Gasteiger partial charge in [0.1, 0.15) is 10.7 Å². The maximum atomic E-state index is 14.7. The fourth-order valence-electron chi connectivity index (χ4n) is 3.84. The zero-order valence-electron chi connectivity index (χ0n) is 17.6. The Labute approximate surface area is 200 Å². The molecule has 1 fully saturated rings. The van der Waals surface area contributed by atoms with Crippen molar-refractivity contribution >= 4 is 38.1 Å². The number of aryl methyl sites for hydroxylation is 1. The summed E-state index contributed by atoms with van der Waals surface area (Å²) >= 11 is 7.08. The number of rotatable bonds is 7. The summed E-state index contributed by atoms with van der Waals surface area (Å²) in [5.41, 5.74) is 1.10. The molecular formula is C22H22ClF2N3O3S2. The first kappa shape index (κ1) is 23.9. The summed E-state index contributed by atoms with van der Waals surface area (Å²) in [7, 11) is -4.35. The standard InChI is InChI=1S/C22H22ClF2N3O3S2/c1-13-10-27-22(32-13)28-33(29,30)21-9-18(24)20(8-19(21)25)31-12-15-11-26-7-6-17(15)14-2-4-16(23)5-3-14/h2-5,8-10,15,17,26H,6-7,11-12H2,1H3,(H,27,28)/t15-,17?/m0/s1. The van der Waals surface area contributed by atoms with E-state index in [1.54, 1.807) is 6.92 Å². The number of piperidine rings is 1. The topological polar surface area (TPSA) is 80.3 Å². The molecule has 2 heterocycles. The summed E-state index contributed by atoms with van der Waals surface area (Å²) in [6.45, 7) is 3.38. The van der Waals surface area contributed by atoms with Gasteiger partial charge in [0.15, 0.2) is 16.7 Å². The first-order valence-electron chi connectivity index (χ1n) is 10.3. The van der Waals surface area contributed by atoms with E-state index in [2.05, 4.69) is 15.0 Å². The second kappa shape index (κ2) is 9.92. The molecule has 3 aromatic rings. The molecule has 0 aliphatic carbocycles. The molecule has 1 aliphatic rings. The highest BCUT2D eigenvalue weighted by molar-refractivity contribution is 7.93. The first-order valence-corrected chi connectivity index (χ1v) is 12.9. The Kier molecular flexibility index (Phi) is 7.18. The van der Waals surface area contributed by atoms with E-state index >= 15 is 0 Å². The van der Waals surface area contributed by atoms with Gasteiger partial charge in [-0.2, -0.15) is 0 Å². The van der Waals surface area contributed by atoms with Gasteiger partial charge in [0.25, 0.3) is 10.0 Å². The third-order valence-corrected chi connectivity index (χ3v) is 8.04. The van der Waals surface area contributed by atoms with Crippen LogP contribution in [0.2, 0.25) is 5.02 Å². The number of benzene rings is 2. The highest BCUT2D eigenvalue weighted by Crippen LogP contribution is 2.33. The molecule has 0 saturated carbocycles. The number of nitrogens with zero attached hydrogens (tertiary/aromatic N) is 1. The molecule has 11 heteroatoms. The third kappa shape index (κ3) is 5.63. The summed E-state index contributed by atoms with van der Waals surface area (Å²) in [5.74, 6) is -2.22. The Morgan fingerprint density at radius 3 is 2.70 bits per heavy atom. The lowest BCUT2D eigenvalue weighted by atomic mass is 9.81. The van der Waals surface area contributed by atoms with Gasteiger partial charge in [0, 0.05) is 40.7 Å². The van der Waals surface area contributed by atoms with Crippen molar-refractivity contribution in [3.8, 4) is 5.75 Å². The Balaban J connectivity index is 1.49. The van der Waals surface area contributed by atoms with Crippen LogP contribution in [0.15, 0.2) is 47.5 Å². The maximum Gasteiger partial charge on any atom is 0.266 e. The normalized spacial score (nSPS) is 18.8. The van der Waals surface area contributed by atoms with Crippen LogP contribution in [0.5, 0.6) is 5.75 Å². The fourth-order valence-corrected chi connectivity index (χ4v) is 5.95. The monoisotopic (exact) mass is 513 g/mol. The van der Waals surface area contributed by atoms with E-state index in [0.717, 1.165) is 40.8 Å². The number of ether oxygens (including phenoxy) is 1. The van der Waals surface area contributed by atoms with Gasteiger partial charge in [0.05, 0.1) is 6.61 Å². The largest absolute Gasteiger partial charge is 0.490 e. The Bertz CT molecular complexity index is 1240. The molecule has 1 aliphatic heterocycles. The average molecular weight is 514 g/mol. The van der Waals surface area contributed by atoms with Crippen molar-refractivity contribution < 1.29 is 21.9 Å². The van der Waals surface area contributed by atoms with Crippen LogP contribution in [-0.2, 0) is 10.0 Å². The van der Waals surface area contributed by atoms with E-state index in [9.17, 15) is 17.2 Å². The molecule has 2 N–H and O–H groups in total.